The van der Waals surface area contributed by atoms with Crippen LogP contribution in [0.5, 0.6) is 5.75 Å². The maximum atomic E-state index is 13.1. The van der Waals surface area contributed by atoms with E-state index >= 15 is 0 Å². The molecule has 0 bridgehead atoms. The van der Waals surface area contributed by atoms with Crippen molar-refractivity contribution >= 4 is 18.0 Å². The van der Waals surface area contributed by atoms with Crippen LogP contribution < -0.4 is 4.74 Å². The number of carboxylic acids is 1. The number of carbonyl (C=O) groups excluding carboxylic acids is 1. The van der Waals surface area contributed by atoms with E-state index in [1.807, 2.05) is 42.5 Å². The molecule has 0 saturated carbocycles. The van der Waals surface area contributed by atoms with Gasteiger partial charge in [0.15, 0.2) is 5.78 Å². The second-order valence-electron chi connectivity index (χ2n) is 6.83. The van der Waals surface area contributed by atoms with Gasteiger partial charge in [0.1, 0.15) is 11.9 Å². The Kier molecular flexibility index (Phi) is 5.20. The molecule has 0 aliphatic carbocycles. The topological polar surface area (TPSA) is 76.0 Å². The van der Waals surface area contributed by atoms with Crippen molar-refractivity contribution in [1.82, 2.24) is 0 Å². The van der Waals surface area contributed by atoms with Crippen molar-refractivity contribution in [2.45, 2.75) is 12.6 Å². The number of ether oxygens (including phenoxy) is 1. The van der Waals surface area contributed by atoms with Gasteiger partial charge in [0.2, 0.25) is 0 Å². The summed E-state index contributed by atoms with van der Waals surface area (Å²) in [5, 5.41) is 8.99. The molecule has 0 saturated heterocycles. The van der Waals surface area contributed by atoms with Crippen LogP contribution in [0, 0.1) is 5.92 Å². The fraction of sp³-hybridized carbons (Fsp3) is 0.125. The quantitative estimate of drug-likeness (QED) is 0.652. The van der Waals surface area contributed by atoms with E-state index in [-0.39, 0.29) is 11.3 Å². The van der Waals surface area contributed by atoms with Gasteiger partial charge >= 0.3 is 5.97 Å². The SMILES string of the molecule is O=C(O)c1ccc(CN=CC2C(=O)c3ccccc3OC2c2ccccc2)cc1. The molecule has 2 unspecified atom stereocenters. The minimum Gasteiger partial charge on any atom is -0.484 e. The number of hydrogen-bond acceptors (Lipinski definition) is 4. The highest BCUT2D eigenvalue weighted by atomic mass is 16.5. The van der Waals surface area contributed by atoms with Crippen LogP contribution >= 0.6 is 0 Å². The third-order valence-corrected chi connectivity index (χ3v) is 4.90. The van der Waals surface area contributed by atoms with Crippen molar-refractivity contribution in [1.29, 1.82) is 0 Å². The van der Waals surface area contributed by atoms with Crippen molar-refractivity contribution in [2.24, 2.45) is 10.9 Å². The first-order valence-electron chi connectivity index (χ1n) is 9.30. The Labute approximate surface area is 168 Å². The Balaban J connectivity index is 1.59. The largest absolute Gasteiger partial charge is 0.484 e. The van der Waals surface area contributed by atoms with E-state index in [1.165, 1.54) is 0 Å². The number of fused-ring (bicyclic) bond motifs is 1. The molecule has 0 amide bonds. The average Bonchev–Trinajstić information content (AvgIpc) is 2.76. The van der Waals surface area contributed by atoms with Crippen LogP contribution in [-0.2, 0) is 6.54 Å². The lowest BCUT2D eigenvalue weighted by Crippen LogP contribution is -2.32. The Hall–Kier alpha value is -3.73. The molecule has 144 valence electrons. The first-order valence-corrected chi connectivity index (χ1v) is 9.30. The lowest BCUT2D eigenvalue weighted by molar-refractivity contribution is 0.0695. The van der Waals surface area contributed by atoms with Gasteiger partial charge in [0.05, 0.1) is 23.6 Å². The maximum absolute atomic E-state index is 13.1. The van der Waals surface area contributed by atoms with Crippen molar-refractivity contribution in [3.8, 4) is 5.75 Å². The van der Waals surface area contributed by atoms with Crippen LogP contribution in [0.25, 0.3) is 0 Å². The number of Topliss-reactive ketones (excluding diaryl/α,β-unsaturated/α-hetero) is 1. The molecule has 5 nitrogen and oxygen atoms in total. The Morgan fingerprint density at radius 1 is 0.966 bits per heavy atom. The number of nitrogens with zero attached hydrogens (tertiary/aromatic N) is 1. The predicted octanol–water partition coefficient (Wildman–Crippen LogP) is 4.59. The summed E-state index contributed by atoms with van der Waals surface area (Å²) in [5.41, 5.74) is 2.57. The highest BCUT2D eigenvalue weighted by molar-refractivity contribution is 6.09. The van der Waals surface area contributed by atoms with Crippen molar-refractivity contribution < 1.29 is 19.4 Å². The van der Waals surface area contributed by atoms with Crippen LogP contribution in [0.15, 0.2) is 83.9 Å². The smallest absolute Gasteiger partial charge is 0.335 e. The molecule has 5 heteroatoms. The standard InChI is InChI=1S/C24H19NO4/c26-22-19-8-4-5-9-21(19)29-23(17-6-2-1-3-7-17)20(22)15-25-14-16-10-12-18(13-11-16)24(27)28/h1-13,15,20,23H,14H2,(H,27,28). The molecular formula is C24H19NO4. The Morgan fingerprint density at radius 2 is 1.66 bits per heavy atom. The molecule has 29 heavy (non-hydrogen) atoms. The second kappa shape index (κ2) is 8.10. The summed E-state index contributed by atoms with van der Waals surface area (Å²) in [6, 6.07) is 23.4. The van der Waals surface area contributed by atoms with Gasteiger partial charge < -0.3 is 9.84 Å². The first kappa shape index (κ1) is 18.6. The number of aliphatic imine (C=N–C) groups is 1. The zero-order valence-corrected chi connectivity index (χ0v) is 15.6. The Morgan fingerprint density at radius 3 is 2.38 bits per heavy atom. The molecule has 2 atom stereocenters. The van der Waals surface area contributed by atoms with Crippen LogP contribution in [0.1, 0.15) is 37.9 Å². The monoisotopic (exact) mass is 385 g/mol. The zero-order valence-electron chi connectivity index (χ0n) is 15.6. The predicted molar refractivity (Wildman–Crippen MR) is 110 cm³/mol. The molecule has 0 radical (unpaired) electrons. The molecule has 3 aromatic carbocycles. The number of hydrogen-bond donors (Lipinski definition) is 1. The van der Waals surface area contributed by atoms with E-state index in [9.17, 15) is 9.59 Å². The zero-order chi connectivity index (χ0) is 20.2. The van der Waals surface area contributed by atoms with Crippen LogP contribution in [0.4, 0.5) is 0 Å². The van der Waals surface area contributed by atoms with Crippen LogP contribution in [-0.4, -0.2) is 23.1 Å². The minimum absolute atomic E-state index is 0.0225. The second-order valence-corrected chi connectivity index (χ2v) is 6.83. The number of para-hydroxylation sites is 1. The van der Waals surface area contributed by atoms with Crippen molar-refractivity contribution in [3.05, 3.63) is 101 Å². The number of rotatable bonds is 5. The van der Waals surface area contributed by atoms with Gasteiger partial charge in [-0.25, -0.2) is 4.79 Å². The molecule has 1 N–H and O–H groups in total. The number of carboxylic acid groups (broad SMARTS) is 1. The normalized spacial score (nSPS) is 18.3. The van der Waals surface area contributed by atoms with Crippen LogP contribution in [0.3, 0.4) is 0 Å². The highest BCUT2D eigenvalue weighted by Crippen LogP contribution is 2.37. The van der Waals surface area contributed by atoms with Gasteiger partial charge in [-0.05, 0) is 35.4 Å². The fourth-order valence-corrected chi connectivity index (χ4v) is 3.39. The summed E-state index contributed by atoms with van der Waals surface area (Å²) < 4.78 is 6.17. The third kappa shape index (κ3) is 3.94. The molecule has 0 aromatic heterocycles. The van der Waals surface area contributed by atoms with Gasteiger partial charge in [-0.1, -0.05) is 54.6 Å². The van der Waals surface area contributed by atoms with E-state index in [0.717, 1.165) is 11.1 Å². The van der Waals surface area contributed by atoms with Gasteiger partial charge in [-0.3, -0.25) is 9.79 Å². The number of ketones is 1. The minimum atomic E-state index is -0.964. The highest BCUT2D eigenvalue weighted by Gasteiger charge is 2.36. The number of aromatic carboxylic acids is 1. The third-order valence-electron chi connectivity index (χ3n) is 4.90. The molecule has 1 heterocycles. The van der Waals surface area contributed by atoms with Gasteiger partial charge in [0.25, 0.3) is 0 Å². The summed E-state index contributed by atoms with van der Waals surface area (Å²) in [4.78, 5) is 28.6. The Bertz CT molecular complexity index is 1060. The van der Waals surface area contributed by atoms with E-state index < -0.39 is 18.0 Å². The molecule has 4 rings (SSSR count). The van der Waals surface area contributed by atoms with E-state index in [4.69, 9.17) is 9.84 Å². The summed E-state index contributed by atoms with van der Waals surface area (Å²) in [5.74, 6) is -0.939. The van der Waals surface area contributed by atoms with Gasteiger partial charge in [-0.2, -0.15) is 0 Å². The van der Waals surface area contributed by atoms with Crippen LogP contribution in [0.2, 0.25) is 0 Å². The molecular weight excluding hydrogens is 366 g/mol. The summed E-state index contributed by atoms with van der Waals surface area (Å²) >= 11 is 0. The van der Waals surface area contributed by atoms with Gasteiger partial charge in [0, 0.05) is 6.21 Å². The van der Waals surface area contributed by atoms with Crippen molar-refractivity contribution in [2.75, 3.05) is 0 Å². The maximum Gasteiger partial charge on any atom is 0.335 e. The van der Waals surface area contributed by atoms with Crippen molar-refractivity contribution in [3.63, 3.8) is 0 Å². The van der Waals surface area contributed by atoms with Gasteiger partial charge in [-0.15, -0.1) is 0 Å². The summed E-state index contributed by atoms with van der Waals surface area (Å²) in [6.45, 7) is 0.354. The lowest BCUT2D eigenvalue weighted by atomic mass is 9.86. The molecule has 0 fully saturated rings. The molecule has 1 aliphatic rings. The van der Waals surface area contributed by atoms with E-state index in [2.05, 4.69) is 4.99 Å². The average molecular weight is 385 g/mol. The van der Waals surface area contributed by atoms with E-state index in [1.54, 1.807) is 42.6 Å². The molecule has 3 aromatic rings. The first-order chi connectivity index (χ1) is 14.1. The lowest BCUT2D eigenvalue weighted by Gasteiger charge is -2.30. The number of benzene rings is 3. The molecule has 0 spiro atoms. The summed E-state index contributed by atoms with van der Waals surface area (Å²) in [7, 11) is 0. The number of carbonyl (C=O) groups is 2. The summed E-state index contributed by atoms with van der Waals surface area (Å²) in [6.07, 6.45) is 1.21. The molecule has 1 aliphatic heterocycles. The van der Waals surface area contributed by atoms with E-state index in [0.29, 0.717) is 17.9 Å². The fourth-order valence-electron chi connectivity index (χ4n) is 3.39.